The summed E-state index contributed by atoms with van der Waals surface area (Å²) < 4.78 is 30.0. The number of sulfone groups is 1. The van der Waals surface area contributed by atoms with Gasteiger partial charge in [-0.15, -0.1) is 0 Å². The van der Waals surface area contributed by atoms with Crippen LogP contribution < -0.4 is 5.63 Å². The molecule has 0 bridgehead atoms. The highest BCUT2D eigenvalue weighted by Crippen LogP contribution is 2.24. The van der Waals surface area contributed by atoms with Crippen LogP contribution in [0.2, 0.25) is 15.1 Å². The second-order valence-corrected chi connectivity index (χ2v) is 8.18. The Hall–Kier alpha value is -1.79. The monoisotopic (exact) mass is 414 g/mol. The average Bonchev–Trinajstić information content (AvgIpc) is 2.53. The van der Waals surface area contributed by atoms with Gasteiger partial charge in [-0.3, -0.25) is 0 Å². The van der Waals surface area contributed by atoms with E-state index >= 15 is 0 Å². The molecule has 0 N–H and O–H groups in total. The molecule has 0 saturated carbocycles. The van der Waals surface area contributed by atoms with Crippen molar-refractivity contribution < 1.29 is 12.8 Å². The minimum absolute atomic E-state index is 0.248. The van der Waals surface area contributed by atoms with Gasteiger partial charge in [0.05, 0.1) is 0 Å². The van der Waals surface area contributed by atoms with E-state index in [-0.39, 0.29) is 10.6 Å². The number of benzene rings is 2. The Morgan fingerprint density at radius 2 is 1.60 bits per heavy atom. The number of halogens is 3. The second kappa shape index (κ2) is 6.84. The van der Waals surface area contributed by atoms with Gasteiger partial charge in [0.2, 0.25) is 9.84 Å². The highest BCUT2D eigenvalue weighted by Gasteiger charge is 2.18. The Balaban J connectivity index is 2.07. The standard InChI is InChI=1S/C17H9Cl3O4S/c18-12-3-4-15-11(7-12)8-16(17(21)24-15)25(22,23)6-5-10-1-2-13(19)9-14(10)20/h1-9H. The molecule has 0 fully saturated rings. The van der Waals surface area contributed by atoms with E-state index in [2.05, 4.69) is 0 Å². The number of hydrogen-bond acceptors (Lipinski definition) is 4. The largest absolute Gasteiger partial charge is 0.422 e. The van der Waals surface area contributed by atoms with E-state index < -0.39 is 20.4 Å². The fraction of sp³-hybridized carbons (Fsp3) is 0. The third-order valence-corrected chi connectivity index (χ3v) is 5.55. The van der Waals surface area contributed by atoms with Crippen LogP contribution in [-0.2, 0) is 9.84 Å². The number of hydrogen-bond donors (Lipinski definition) is 0. The summed E-state index contributed by atoms with van der Waals surface area (Å²) in [5, 5.41) is 2.41. The molecule has 0 aliphatic carbocycles. The van der Waals surface area contributed by atoms with Gasteiger partial charge in [-0.2, -0.15) is 0 Å². The minimum atomic E-state index is -4.04. The van der Waals surface area contributed by atoms with Gasteiger partial charge in [0.15, 0.2) is 4.90 Å². The van der Waals surface area contributed by atoms with E-state index in [9.17, 15) is 13.2 Å². The fourth-order valence-corrected chi connectivity index (χ4v) is 3.84. The van der Waals surface area contributed by atoms with Crippen molar-refractivity contribution in [2.24, 2.45) is 0 Å². The normalized spacial score (nSPS) is 12.1. The van der Waals surface area contributed by atoms with Gasteiger partial charge in [0, 0.05) is 25.9 Å². The van der Waals surface area contributed by atoms with Crippen molar-refractivity contribution in [1.29, 1.82) is 0 Å². The number of fused-ring (bicyclic) bond motifs is 1. The van der Waals surface area contributed by atoms with Crippen molar-refractivity contribution in [3.63, 3.8) is 0 Å². The van der Waals surface area contributed by atoms with Crippen LogP contribution in [0.3, 0.4) is 0 Å². The molecule has 0 amide bonds. The van der Waals surface area contributed by atoms with Crippen LogP contribution in [0.25, 0.3) is 17.0 Å². The average molecular weight is 416 g/mol. The molecule has 0 aliphatic rings. The van der Waals surface area contributed by atoms with E-state index in [0.29, 0.717) is 21.0 Å². The summed E-state index contributed by atoms with van der Waals surface area (Å²) in [5.41, 5.74) is -0.261. The van der Waals surface area contributed by atoms with Crippen LogP contribution >= 0.6 is 34.8 Å². The van der Waals surface area contributed by atoms with Gasteiger partial charge in [-0.05, 0) is 48.0 Å². The van der Waals surface area contributed by atoms with Gasteiger partial charge in [-0.1, -0.05) is 40.9 Å². The third-order valence-electron chi connectivity index (χ3n) is 3.36. The smallest absolute Gasteiger partial charge is 0.355 e. The van der Waals surface area contributed by atoms with Gasteiger partial charge in [0.1, 0.15) is 5.58 Å². The molecule has 0 unspecified atom stereocenters. The zero-order valence-electron chi connectivity index (χ0n) is 12.4. The van der Waals surface area contributed by atoms with E-state index in [4.69, 9.17) is 39.2 Å². The molecule has 0 radical (unpaired) electrons. The SMILES string of the molecule is O=c1oc2ccc(Cl)cc2cc1S(=O)(=O)C=Cc1ccc(Cl)cc1Cl. The van der Waals surface area contributed by atoms with Crippen molar-refractivity contribution >= 4 is 61.7 Å². The van der Waals surface area contributed by atoms with Crippen LogP contribution in [0.4, 0.5) is 0 Å². The Bertz CT molecular complexity index is 1160. The van der Waals surface area contributed by atoms with Crippen molar-refractivity contribution in [2.45, 2.75) is 4.90 Å². The summed E-state index contributed by atoms with van der Waals surface area (Å²) >= 11 is 17.7. The highest BCUT2D eigenvalue weighted by atomic mass is 35.5. The summed E-state index contributed by atoms with van der Waals surface area (Å²) in [4.78, 5) is 11.5. The van der Waals surface area contributed by atoms with Crippen molar-refractivity contribution in [3.05, 3.63) is 78.9 Å². The molecule has 8 heteroatoms. The third kappa shape index (κ3) is 3.90. The van der Waals surface area contributed by atoms with Crippen molar-refractivity contribution in [2.75, 3.05) is 0 Å². The first-order valence-electron chi connectivity index (χ1n) is 6.88. The van der Waals surface area contributed by atoms with Crippen molar-refractivity contribution in [3.8, 4) is 0 Å². The Morgan fingerprint density at radius 1 is 0.920 bits per heavy atom. The van der Waals surface area contributed by atoms with Crippen LogP contribution in [0.5, 0.6) is 0 Å². The fourth-order valence-electron chi connectivity index (χ4n) is 2.15. The Labute approximate surface area is 158 Å². The van der Waals surface area contributed by atoms with Gasteiger partial charge in [-0.25, -0.2) is 13.2 Å². The maximum Gasteiger partial charge on any atom is 0.355 e. The van der Waals surface area contributed by atoms with E-state index in [1.165, 1.54) is 30.3 Å². The van der Waals surface area contributed by atoms with Gasteiger partial charge < -0.3 is 4.42 Å². The predicted octanol–water partition coefficient (Wildman–Crippen LogP) is 5.20. The van der Waals surface area contributed by atoms with Crippen molar-refractivity contribution in [1.82, 2.24) is 0 Å². The summed E-state index contributed by atoms with van der Waals surface area (Å²) in [6, 6.07) is 10.4. The topological polar surface area (TPSA) is 64.3 Å². The first-order chi connectivity index (χ1) is 11.8. The summed E-state index contributed by atoms with van der Waals surface area (Å²) in [6.07, 6.45) is 1.29. The van der Waals surface area contributed by atoms with E-state index in [0.717, 1.165) is 5.41 Å². The Kier molecular flexibility index (Phi) is 4.93. The zero-order chi connectivity index (χ0) is 18.2. The van der Waals surface area contributed by atoms with Crippen LogP contribution in [0, 0.1) is 0 Å². The molecule has 128 valence electrons. The van der Waals surface area contributed by atoms with Crippen LogP contribution in [0.1, 0.15) is 5.56 Å². The maximum atomic E-state index is 12.5. The summed E-state index contributed by atoms with van der Waals surface area (Å²) in [7, 11) is -4.04. The molecular weight excluding hydrogens is 407 g/mol. The molecule has 2 aromatic carbocycles. The Morgan fingerprint density at radius 3 is 2.32 bits per heavy atom. The molecule has 1 aromatic heterocycles. The lowest BCUT2D eigenvalue weighted by Crippen LogP contribution is -2.11. The molecule has 1 heterocycles. The molecule has 0 saturated heterocycles. The molecule has 25 heavy (non-hydrogen) atoms. The molecule has 3 rings (SSSR count). The van der Waals surface area contributed by atoms with E-state index in [1.807, 2.05) is 0 Å². The molecule has 3 aromatic rings. The maximum absolute atomic E-state index is 12.5. The lowest BCUT2D eigenvalue weighted by atomic mass is 10.2. The molecule has 0 spiro atoms. The molecular formula is C17H9Cl3O4S. The summed E-state index contributed by atoms with van der Waals surface area (Å²) in [6.45, 7) is 0. The lowest BCUT2D eigenvalue weighted by Gasteiger charge is -2.02. The first kappa shape index (κ1) is 18.0. The molecule has 0 atom stereocenters. The van der Waals surface area contributed by atoms with Crippen LogP contribution in [0.15, 0.2) is 62.0 Å². The lowest BCUT2D eigenvalue weighted by molar-refractivity contribution is 0.534. The zero-order valence-corrected chi connectivity index (χ0v) is 15.5. The van der Waals surface area contributed by atoms with Gasteiger partial charge in [0.25, 0.3) is 0 Å². The molecule has 4 nitrogen and oxygen atoms in total. The highest BCUT2D eigenvalue weighted by molar-refractivity contribution is 7.94. The quantitative estimate of drug-likeness (QED) is 0.552. The molecule has 0 aliphatic heterocycles. The number of rotatable bonds is 3. The summed E-state index contributed by atoms with van der Waals surface area (Å²) in [5.74, 6) is 0. The first-order valence-corrected chi connectivity index (χ1v) is 9.56. The minimum Gasteiger partial charge on any atom is -0.422 e. The van der Waals surface area contributed by atoms with Crippen LogP contribution in [-0.4, -0.2) is 8.42 Å². The van der Waals surface area contributed by atoms with E-state index in [1.54, 1.807) is 18.2 Å². The predicted molar refractivity (Wildman–Crippen MR) is 100 cm³/mol. The van der Waals surface area contributed by atoms with Gasteiger partial charge >= 0.3 is 5.63 Å². The second-order valence-electron chi connectivity index (χ2n) is 5.09.